The van der Waals surface area contributed by atoms with Gasteiger partial charge in [-0.25, -0.2) is 9.55 Å². The minimum Gasteiger partial charge on any atom is -0.480 e. The number of carbonyl (C=O) groups is 1. The van der Waals surface area contributed by atoms with Gasteiger partial charge in [-0.3, -0.25) is 9.32 Å². The third-order valence-electron chi connectivity index (χ3n) is 5.69. The summed E-state index contributed by atoms with van der Waals surface area (Å²) in [5.74, 6) is -0.347. The van der Waals surface area contributed by atoms with Crippen LogP contribution >= 0.6 is 7.75 Å². The first-order chi connectivity index (χ1) is 17.8. The number of aromatic nitrogens is 4. The van der Waals surface area contributed by atoms with Crippen LogP contribution in [0.3, 0.4) is 0 Å². The molecule has 1 aliphatic rings. The average Bonchev–Trinajstić information content (AvgIpc) is 3.50. The smallest absolute Gasteiger partial charge is 0.459 e. The topological polar surface area (TPSA) is 176 Å². The fourth-order valence-electron chi connectivity index (χ4n) is 3.85. The van der Waals surface area contributed by atoms with Crippen molar-refractivity contribution < 1.29 is 28.3 Å². The number of nitrogens with zero attached hydrogens (tertiary/aromatic N) is 4. The Kier molecular flexibility index (Phi) is 8.39. The number of imidazole rings is 1. The molecule has 37 heavy (non-hydrogen) atoms. The molecule has 4 rings (SSSR count). The van der Waals surface area contributed by atoms with Gasteiger partial charge in [0.25, 0.3) is 0 Å². The zero-order valence-corrected chi connectivity index (χ0v) is 21.4. The summed E-state index contributed by atoms with van der Waals surface area (Å²) in [5, 5.41) is 14.9. The Morgan fingerprint density at radius 2 is 2.08 bits per heavy atom. The molecule has 198 valence electrons. The minimum atomic E-state index is -3.99. The molecule has 1 aliphatic carbocycles. The van der Waals surface area contributed by atoms with Crippen LogP contribution < -0.4 is 20.7 Å². The van der Waals surface area contributed by atoms with Crippen LogP contribution in [0.4, 0.5) is 11.8 Å². The Morgan fingerprint density at radius 3 is 2.81 bits per heavy atom. The van der Waals surface area contributed by atoms with E-state index in [2.05, 4.69) is 25.4 Å². The molecule has 4 atom stereocenters. The third kappa shape index (κ3) is 6.63. The van der Waals surface area contributed by atoms with Crippen LogP contribution in [0.1, 0.15) is 19.4 Å². The predicted molar refractivity (Wildman–Crippen MR) is 137 cm³/mol. The van der Waals surface area contributed by atoms with Gasteiger partial charge in [0.1, 0.15) is 11.8 Å². The van der Waals surface area contributed by atoms with Crippen LogP contribution in [0.25, 0.3) is 11.2 Å². The highest BCUT2D eigenvalue weighted by atomic mass is 31.2. The Bertz CT molecular complexity index is 1300. The Hall–Kier alpha value is -3.51. The van der Waals surface area contributed by atoms with E-state index < -0.39 is 19.8 Å². The summed E-state index contributed by atoms with van der Waals surface area (Å²) in [6.07, 6.45) is 6.23. The fraction of sp³-hybridized carbons (Fsp3) is 0.391. The van der Waals surface area contributed by atoms with Crippen LogP contribution in [0.2, 0.25) is 0 Å². The number of benzene rings is 1. The van der Waals surface area contributed by atoms with Crippen molar-refractivity contribution in [3.8, 4) is 5.75 Å². The molecule has 5 N–H and O–H groups in total. The van der Waals surface area contributed by atoms with Gasteiger partial charge < -0.3 is 30.0 Å². The number of anilines is 2. The van der Waals surface area contributed by atoms with Crippen LogP contribution in [-0.4, -0.2) is 63.5 Å². The lowest BCUT2D eigenvalue weighted by atomic mass is 10.1. The summed E-state index contributed by atoms with van der Waals surface area (Å²) >= 11 is 0. The van der Waals surface area contributed by atoms with Crippen molar-refractivity contribution in [2.75, 3.05) is 37.9 Å². The number of carboxylic acid groups (broad SMARTS) is 1. The number of nitrogen functional groups attached to an aromatic ring is 1. The van der Waals surface area contributed by atoms with Gasteiger partial charge in [-0.1, -0.05) is 30.4 Å². The summed E-state index contributed by atoms with van der Waals surface area (Å²) in [5.41, 5.74) is 7.11. The van der Waals surface area contributed by atoms with E-state index in [1.165, 1.54) is 6.92 Å². The van der Waals surface area contributed by atoms with Crippen LogP contribution in [-0.2, 0) is 18.6 Å². The molecular formula is C23H30N7O6P. The number of hydrogen-bond donors (Lipinski definition) is 4. The quantitative estimate of drug-likeness (QED) is 0.144. The highest BCUT2D eigenvalue weighted by molar-refractivity contribution is 7.52. The average molecular weight is 532 g/mol. The maximum atomic E-state index is 13.4. The number of allylic oxidation sites excluding steroid dienone is 1. The van der Waals surface area contributed by atoms with Gasteiger partial charge in [0.15, 0.2) is 17.0 Å². The number of rotatable bonds is 13. The molecule has 0 radical (unpaired) electrons. The summed E-state index contributed by atoms with van der Waals surface area (Å²) < 4.78 is 31.7. The van der Waals surface area contributed by atoms with E-state index in [9.17, 15) is 14.5 Å². The molecule has 0 saturated carbocycles. The number of ether oxygens (including phenoxy) is 1. The Labute approximate surface area is 213 Å². The number of carboxylic acids is 1. The first-order valence-electron chi connectivity index (χ1n) is 11.7. The van der Waals surface area contributed by atoms with E-state index in [0.717, 1.165) is 0 Å². The molecule has 0 aliphatic heterocycles. The van der Waals surface area contributed by atoms with Gasteiger partial charge in [-0.2, -0.15) is 15.1 Å². The summed E-state index contributed by atoms with van der Waals surface area (Å²) in [6.45, 7) is 2.45. The van der Waals surface area contributed by atoms with E-state index in [1.807, 2.05) is 16.7 Å². The molecule has 14 heteroatoms. The second kappa shape index (κ2) is 11.7. The second-order valence-electron chi connectivity index (χ2n) is 8.51. The third-order valence-corrected chi connectivity index (χ3v) is 7.34. The lowest BCUT2D eigenvalue weighted by molar-refractivity contribution is -0.138. The fourth-order valence-corrected chi connectivity index (χ4v) is 5.40. The van der Waals surface area contributed by atoms with Gasteiger partial charge in [-0.15, -0.1) is 0 Å². The molecule has 3 aromatic rings. The van der Waals surface area contributed by atoms with E-state index >= 15 is 0 Å². The number of hydrogen-bond acceptors (Lipinski definition) is 10. The van der Waals surface area contributed by atoms with Crippen molar-refractivity contribution in [3.05, 3.63) is 48.8 Å². The maximum Gasteiger partial charge on any atom is 0.459 e. The van der Waals surface area contributed by atoms with Crippen LogP contribution in [0.5, 0.6) is 5.75 Å². The zero-order valence-electron chi connectivity index (χ0n) is 20.5. The van der Waals surface area contributed by atoms with Gasteiger partial charge in [-0.05, 0) is 25.5 Å². The van der Waals surface area contributed by atoms with Crippen molar-refractivity contribution in [1.82, 2.24) is 24.6 Å². The Balaban J connectivity index is 1.45. The molecular weight excluding hydrogens is 501 g/mol. The van der Waals surface area contributed by atoms with E-state index in [4.69, 9.17) is 19.5 Å². The normalized spacial score (nSPS) is 19.5. The molecule has 0 spiro atoms. The van der Waals surface area contributed by atoms with Gasteiger partial charge in [0.2, 0.25) is 5.95 Å². The SMILES string of the molecule is COCCNc1nc(N)nc2c1ncn2[C@H]1C=C[C@@H](CO[P@@](=O)(NC(C)C(=O)O)Oc2ccccc2)C1. The maximum absolute atomic E-state index is 13.4. The first kappa shape index (κ1) is 26.6. The van der Waals surface area contributed by atoms with E-state index in [1.54, 1.807) is 43.8 Å². The van der Waals surface area contributed by atoms with Crippen molar-refractivity contribution in [2.45, 2.75) is 25.4 Å². The number of nitrogens with two attached hydrogens (primary N) is 1. The molecule has 0 saturated heterocycles. The van der Waals surface area contributed by atoms with Crippen molar-refractivity contribution >= 4 is 36.6 Å². The minimum absolute atomic E-state index is 0.0457. The summed E-state index contributed by atoms with van der Waals surface area (Å²) in [7, 11) is -2.38. The lowest BCUT2D eigenvalue weighted by Crippen LogP contribution is -2.33. The number of aliphatic carboxylic acids is 1. The van der Waals surface area contributed by atoms with Gasteiger partial charge >= 0.3 is 13.7 Å². The molecule has 2 aromatic heterocycles. The second-order valence-corrected chi connectivity index (χ2v) is 10.2. The highest BCUT2D eigenvalue weighted by Crippen LogP contribution is 2.46. The molecule has 0 bridgehead atoms. The van der Waals surface area contributed by atoms with Crippen LogP contribution in [0, 0.1) is 5.92 Å². The zero-order chi connectivity index (χ0) is 26.4. The summed E-state index contributed by atoms with van der Waals surface area (Å²) in [6, 6.07) is 7.21. The first-order valence-corrected chi connectivity index (χ1v) is 13.2. The van der Waals surface area contributed by atoms with Crippen molar-refractivity contribution in [3.63, 3.8) is 0 Å². The van der Waals surface area contributed by atoms with E-state index in [-0.39, 0.29) is 24.5 Å². The Morgan fingerprint density at radius 1 is 1.30 bits per heavy atom. The molecule has 13 nitrogen and oxygen atoms in total. The standard InChI is InChI=1S/C23H30N7O6P/c1-15(22(31)32)29-37(33,36-18-6-4-3-5-7-18)35-13-16-8-9-17(12-16)30-14-26-19-20(25-10-11-34-2)27-23(24)28-21(19)30/h3-9,14-17H,10-13H2,1-2H3,(H,29,33)(H,31,32)(H3,24,25,27,28)/t15?,16-,17+,37+/m1/s1. The van der Waals surface area contributed by atoms with Gasteiger partial charge in [0.05, 0.1) is 25.6 Å². The molecule has 1 aromatic carbocycles. The molecule has 0 amide bonds. The van der Waals surface area contributed by atoms with Crippen molar-refractivity contribution in [1.29, 1.82) is 0 Å². The molecule has 1 unspecified atom stereocenters. The lowest BCUT2D eigenvalue weighted by Gasteiger charge is -2.23. The van der Waals surface area contributed by atoms with Crippen molar-refractivity contribution in [2.24, 2.45) is 5.92 Å². The molecule has 2 heterocycles. The number of nitrogens with one attached hydrogen (secondary N) is 2. The van der Waals surface area contributed by atoms with Gasteiger partial charge in [0, 0.05) is 19.6 Å². The summed E-state index contributed by atoms with van der Waals surface area (Å²) in [4.78, 5) is 24.4. The number of methoxy groups -OCH3 is 1. The number of para-hydroxylation sites is 1. The van der Waals surface area contributed by atoms with Crippen LogP contribution in [0.15, 0.2) is 48.8 Å². The molecule has 0 fully saturated rings. The highest BCUT2D eigenvalue weighted by Gasteiger charge is 2.33. The van der Waals surface area contributed by atoms with E-state index in [0.29, 0.717) is 42.3 Å². The largest absolute Gasteiger partial charge is 0.480 e. The monoisotopic (exact) mass is 531 g/mol. The number of fused-ring (bicyclic) bond motifs is 1. The predicted octanol–water partition coefficient (Wildman–Crippen LogP) is 2.85.